The summed E-state index contributed by atoms with van der Waals surface area (Å²) in [5.41, 5.74) is 0.857. The first-order chi connectivity index (χ1) is 8.11. The van der Waals surface area contributed by atoms with E-state index in [1.54, 1.807) is 25.1 Å². The highest BCUT2D eigenvalue weighted by atomic mass is 35.5. The number of hydrogen-bond donors (Lipinski definition) is 0. The highest BCUT2D eigenvalue weighted by Gasteiger charge is 2.33. The molecule has 2 rings (SSSR count). The summed E-state index contributed by atoms with van der Waals surface area (Å²) in [6, 6.07) is 7.11. The first-order valence-corrected chi connectivity index (χ1v) is 6.32. The second-order valence-corrected chi connectivity index (χ2v) is 4.91. The van der Waals surface area contributed by atoms with Gasteiger partial charge in [-0.1, -0.05) is 23.7 Å². The molecule has 5 heteroatoms. The van der Waals surface area contributed by atoms with E-state index in [4.69, 9.17) is 11.6 Å². The van der Waals surface area contributed by atoms with Crippen LogP contribution in [-0.4, -0.2) is 22.6 Å². The van der Waals surface area contributed by atoms with Crippen molar-refractivity contribution < 1.29 is 9.59 Å². The standard InChI is InChI=1S/C12H10ClNO2S/c1-2-14-11(15)10(17-12(14)16)7-8-3-5-9(13)6-4-8/h3-7H,2H2,1H3. The van der Waals surface area contributed by atoms with E-state index < -0.39 is 0 Å². The number of rotatable bonds is 2. The number of likely N-dealkylation sites (N-methyl/N-ethyl adjacent to an activating group) is 1. The van der Waals surface area contributed by atoms with Crippen LogP contribution < -0.4 is 0 Å². The predicted octanol–water partition coefficient (Wildman–Crippen LogP) is 3.40. The topological polar surface area (TPSA) is 37.4 Å². The van der Waals surface area contributed by atoms with Gasteiger partial charge < -0.3 is 0 Å². The van der Waals surface area contributed by atoms with E-state index in [0.29, 0.717) is 16.5 Å². The molecule has 1 aliphatic rings. The summed E-state index contributed by atoms with van der Waals surface area (Å²) in [5.74, 6) is -0.225. The van der Waals surface area contributed by atoms with E-state index in [1.165, 1.54) is 4.90 Å². The molecule has 0 aromatic heterocycles. The lowest BCUT2D eigenvalue weighted by atomic mass is 10.2. The fraction of sp³-hybridized carbons (Fsp3) is 0.167. The Kier molecular flexibility index (Phi) is 3.54. The van der Waals surface area contributed by atoms with E-state index >= 15 is 0 Å². The van der Waals surface area contributed by atoms with E-state index in [2.05, 4.69) is 0 Å². The fourth-order valence-corrected chi connectivity index (χ4v) is 2.51. The zero-order valence-electron chi connectivity index (χ0n) is 9.14. The Labute approximate surface area is 108 Å². The van der Waals surface area contributed by atoms with Crippen molar-refractivity contribution in [1.29, 1.82) is 0 Å². The van der Waals surface area contributed by atoms with Crippen LogP contribution in [0.5, 0.6) is 0 Å². The lowest BCUT2D eigenvalue weighted by Crippen LogP contribution is -2.27. The molecule has 0 N–H and O–H groups in total. The third kappa shape index (κ3) is 2.53. The van der Waals surface area contributed by atoms with E-state index in [1.807, 2.05) is 12.1 Å². The third-order valence-corrected chi connectivity index (χ3v) is 3.52. The molecule has 1 aliphatic heterocycles. The number of hydrogen-bond acceptors (Lipinski definition) is 3. The molecule has 0 saturated carbocycles. The van der Waals surface area contributed by atoms with Gasteiger partial charge in [0.25, 0.3) is 11.1 Å². The van der Waals surface area contributed by atoms with Gasteiger partial charge in [0.1, 0.15) is 0 Å². The minimum atomic E-state index is -0.225. The van der Waals surface area contributed by atoms with Crippen molar-refractivity contribution in [2.24, 2.45) is 0 Å². The lowest BCUT2D eigenvalue weighted by molar-refractivity contribution is -0.122. The minimum absolute atomic E-state index is 0.210. The second kappa shape index (κ2) is 4.94. The van der Waals surface area contributed by atoms with Gasteiger partial charge in [-0.2, -0.15) is 0 Å². The summed E-state index contributed by atoms with van der Waals surface area (Å²) >= 11 is 6.74. The smallest absolute Gasteiger partial charge is 0.269 e. The Bertz CT molecular complexity index is 496. The quantitative estimate of drug-likeness (QED) is 0.771. The minimum Gasteiger partial charge on any atom is -0.269 e. The normalized spacial score (nSPS) is 18.2. The highest BCUT2D eigenvalue weighted by Crippen LogP contribution is 2.31. The highest BCUT2D eigenvalue weighted by molar-refractivity contribution is 8.18. The number of imide groups is 1. The van der Waals surface area contributed by atoms with Gasteiger partial charge in [0.05, 0.1) is 4.91 Å². The molecule has 17 heavy (non-hydrogen) atoms. The van der Waals surface area contributed by atoms with Crippen molar-refractivity contribution in [3.8, 4) is 0 Å². The Morgan fingerprint density at radius 1 is 1.29 bits per heavy atom. The number of thioether (sulfide) groups is 1. The van der Waals surface area contributed by atoms with Crippen molar-refractivity contribution in [3.05, 3.63) is 39.8 Å². The molecule has 0 aliphatic carbocycles. The van der Waals surface area contributed by atoms with Gasteiger partial charge >= 0.3 is 0 Å². The molecule has 0 unspecified atom stereocenters. The Hall–Kier alpha value is -1.26. The summed E-state index contributed by atoms with van der Waals surface area (Å²) in [7, 11) is 0. The van der Waals surface area contributed by atoms with Crippen LogP contribution in [0.2, 0.25) is 5.02 Å². The SMILES string of the molecule is CCN1C(=O)SC(=Cc2ccc(Cl)cc2)C1=O. The first-order valence-electron chi connectivity index (χ1n) is 5.12. The molecule has 2 amide bonds. The van der Waals surface area contributed by atoms with Crippen LogP contribution >= 0.6 is 23.4 Å². The summed E-state index contributed by atoms with van der Waals surface area (Å²) in [4.78, 5) is 25.0. The molecule has 0 spiro atoms. The van der Waals surface area contributed by atoms with Gasteiger partial charge in [0.15, 0.2) is 0 Å². The van der Waals surface area contributed by atoms with E-state index in [-0.39, 0.29) is 11.1 Å². The third-order valence-electron chi connectivity index (χ3n) is 2.36. The number of nitrogens with zero attached hydrogens (tertiary/aromatic N) is 1. The average molecular weight is 268 g/mol. The van der Waals surface area contributed by atoms with Crippen LogP contribution in [0.15, 0.2) is 29.2 Å². The van der Waals surface area contributed by atoms with Gasteiger partial charge in [-0.05, 0) is 42.5 Å². The van der Waals surface area contributed by atoms with Crippen LogP contribution in [0.1, 0.15) is 12.5 Å². The van der Waals surface area contributed by atoms with Crippen LogP contribution in [0.25, 0.3) is 6.08 Å². The largest absolute Gasteiger partial charge is 0.293 e. The maximum absolute atomic E-state index is 11.8. The molecular weight excluding hydrogens is 258 g/mol. The van der Waals surface area contributed by atoms with Crippen molar-refractivity contribution in [2.75, 3.05) is 6.54 Å². The summed E-state index contributed by atoms with van der Waals surface area (Å²) < 4.78 is 0. The first kappa shape index (κ1) is 12.2. The zero-order valence-corrected chi connectivity index (χ0v) is 10.7. The van der Waals surface area contributed by atoms with Gasteiger partial charge in [0.2, 0.25) is 0 Å². The van der Waals surface area contributed by atoms with E-state index in [9.17, 15) is 9.59 Å². The number of carbonyl (C=O) groups is 2. The molecule has 3 nitrogen and oxygen atoms in total. The van der Waals surface area contributed by atoms with Crippen LogP contribution in [0.4, 0.5) is 4.79 Å². The van der Waals surface area contributed by atoms with Crippen LogP contribution in [0.3, 0.4) is 0 Å². The van der Waals surface area contributed by atoms with Gasteiger partial charge in [-0.3, -0.25) is 14.5 Å². The molecule has 0 radical (unpaired) electrons. The second-order valence-electron chi connectivity index (χ2n) is 3.48. The Morgan fingerprint density at radius 2 is 1.94 bits per heavy atom. The molecule has 88 valence electrons. The molecule has 0 bridgehead atoms. The molecule has 1 fully saturated rings. The van der Waals surface area contributed by atoms with Gasteiger partial charge in [0, 0.05) is 11.6 Å². The van der Waals surface area contributed by atoms with Gasteiger partial charge in [-0.25, -0.2) is 0 Å². The monoisotopic (exact) mass is 267 g/mol. The maximum Gasteiger partial charge on any atom is 0.293 e. The maximum atomic E-state index is 11.8. The number of amides is 2. The summed E-state index contributed by atoms with van der Waals surface area (Å²) in [6.45, 7) is 2.18. The molecule has 1 saturated heterocycles. The number of halogens is 1. The molecule has 0 atom stereocenters. The van der Waals surface area contributed by atoms with Crippen molar-refractivity contribution in [2.45, 2.75) is 6.92 Å². The Morgan fingerprint density at radius 3 is 2.47 bits per heavy atom. The molecule has 1 heterocycles. The lowest BCUT2D eigenvalue weighted by Gasteiger charge is -2.06. The van der Waals surface area contributed by atoms with Gasteiger partial charge in [-0.15, -0.1) is 0 Å². The number of carbonyl (C=O) groups excluding carboxylic acids is 2. The summed E-state index contributed by atoms with van der Waals surface area (Å²) in [6.07, 6.45) is 1.71. The van der Waals surface area contributed by atoms with Crippen molar-refractivity contribution in [3.63, 3.8) is 0 Å². The molecular formula is C12H10ClNO2S. The molecule has 1 aromatic carbocycles. The summed E-state index contributed by atoms with van der Waals surface area (Å²) in [5, 5.41) is 0.432. The molecule has 1 aromatic rings. The zero-order chi connectivity index (χ0) is 12.4. The Balaban J connectivity index is 2.27. The van der Waals surface area contributed by atoms with Crippen LogP contribution in [0, 0.1) is 0 Å². The fourth-order valence-electron chi connectivity index (χ4n) is 1.48. The van der Waals surface area contributed by atoms with Crippen LogP contribution in [-0.2, 0) is 4.79 Å². The predicted molar refractivity (Wildman–Crippen MR) is 69.8 cm³/mol. The van der Waals surface area contributed by atoms with E-state index in [0.717, 1.165) is 17.3 Å². The van der Waals surface area contributed by atoms with Crippen molar-refractivity contribution >= 4 is 40.6 Å². The van der Waals surface area contributed by atoms with Crippen molar-refractivity contribution in [1.82, 2.24) is 4.90 Å². The number of benzene rings is 1. The average Bonchev–Trinajstić information content (AvgIpc) is 2.57.